The van der Waals surface area contributed by atoms with E-state index in [9.17, 15) is 9.59 Å². The Morgan fingerprint density at radius 3 is 2.62 bits per heavy atom. The lowest BCUT2D eigenvalue weighted by atomic mass is 10.2. The van der Waals surface area contributed by atoms with Crippen molar-refractivity contribution in [2.45, 2.75) is 38.8 Å². The second kappa shape index (κ2) is 9.15. The molecule has 1 aliphatic rings. The van der Waals surface area contributed by atoms with Gasteiger partial charge in [0.1, 0.15) is 6.04 Å². The molecular weight excluding hydrogens is 290 g/mol. The van der Waals surface area contributed by atoms with Gasteiger partial charge in [0.05, 0.1) is 0 Å². The molecule has 0 bridgehead atoms. The molecule has 122 valence electrons. The minimum absolute atomic E-state index is 0.252. The van der Waals surface area contributed by atoms with Gasteiger partial charge >= 0.3 is 12.0 Å². The minimum Gasteiger partial charge on any atom is -0.480 e. The van der Waals surface area contributed by atoms with E-state index in [0.717, 1.165) is 25.3 Å². The Morgan fingerprint density at radius 1 is 1.43 bits per heavy atom. The molecule has 0 aliphatic carbocycles. The monoisotopic (exact) mass is 317 g/mol. The van der Waals surface area contributed by atoms with Crippen LogP contribution in [0.25, 0.3) is 0 Å². The molecule has 21 heavy (non-hydrogen) atoms. The Hall–Kier alpha value is -0.950. The third-order valence-electron chi connectivity index (χ3n) is 3.99. The predicted molar refractivity (Wildman–Crippen MR) is 85.9 cm³/mol. The first kappa shape index (κ1) is 18.1. The maximum atomic E-state index is 12.2. The topological polar surface area (TPSA) is 72.9 Å². The maximum Gasteiger partial charge on any atom is 0.326 e. The van der Waals surface area contributed by atoms with Crippen molar-refractivity contribution >= 4 is 23.8 Å². The lowest BCUT2D eigenvalue weighted by molar-refractivity contribution is -0.139. The van der Waals surface area contributed by atoms with Gasteiger partial charge in [0.15, 0.2) is 0 Å². The zero-order valence-electron chi connectivity index (χ0n) is 13.2. The van der Waals surface area contributed by atoms with Crippen molar-refractivity contribution in [2.24, 2.45) is 0 Å². The molecule has 0 aromatic heterocycles. The van der Waals surface area contributed by atoms with Gasteiger partial charge in [-0.3, -0.25) is 4.90 Å². The molecule has 1 saturated heterocycles. The van der Waals surface area contributed by atoms with Gasteiger partial charge in [-0.05, 0) is 37.9 Å². The average molecular weight is 317 g/mol. The maximum absolute atomic E-state index is 12.2. The molecule has 0 aromatic carbocycles. The molecule has 1 rings (SSSR count). The summed E-state index contributed by atoms with van der Waals surface area (Å²) < 4.78 is 0. The summed E-state index contributed by atoms with van der Waals surface area (Å²) in [5, 5.41) is 11.8. The molecule has 0 saturated carbocycles. The normalized spacial score (nSPS) is 19.8. The minimum atomic E-state index is -0.961. The number of carbonyl (C=O) groups excluding carboxylic acids is 1. The Bertz CT molecular complexity index is 350. The van der Waals surface area contributed by atoms with Crippen molar-refractivity contribution in [3.63, 3.8) is 0 Å². The highest BCUT2D eigenvalue weighted by atomic mass is 32.2. The number of carboxylic acid groups (broad SMARTS) is 1. The number of rotatable bonds is 8. The van der Waals surface area contributed by atoms with Crippen molar-refractivity contribution in [2.75, 3.05) is 38.2 Å². The van der Waals surface area contributed by atoms with E-state index in [1.165, 1.54) is 0 Å². The number of likely N-dealkylation sites (tertiary alicyclic amines) is 1. The van der Waals surface area contributed by atoms with Crippen molar-refractivity contribution in [1.29, 1.82) is 0 Å². The highest BCUT2D eigenvalue weighted by Gasteiger charge is 2.31. The summed E-state index contributed by atoms with van der Waals surface area (Å²) >= 11 is 1.58. The zero-order chi connectivity index (χ0) is 15.8. The molecule has 1 aliphatic heterocycles. The van der Waals surface area contributed by atoms with Crippen molar-refractivity contribution in [1.82, 2.24) is 15.1 Å². The molecule has 1 heterocycles. The van der Waals surface area contributed by atoms with E-state index in [4.69, 9.17) is 5.11 Å². The van der Waals surface area contributed by atoms with Crippen molar-refractivity contribution in [3.8, 4) is 0 Å². The van der Waals surface area contributed by atoms with Gasteiger partial charge < -0.3 is 15.3 Å². The lowest BCUT2D eigenvalue weighted by Crippen LogP contribution is -2.48. The number of nitrogens with one attached hydrogen (secondary N) is 1. The second-order valence-electron chi connectivity index (χ2n) is 5.23. The summed E-state index contributed by atoms with van der Waals surface area (Å²) in [5.74, 6) is -0.240. The third kappa shape index (κ3) is 5.39. The van der Waals surface area contributed by atoms with E-state index in [0.29, 0.717) is 25.6 Å². The summed E-state index contributed by atoms with van der Waals surface area (Å²) in [7, 11) is 0. The number of amides is 2. The Kier molecular flexibility index (Phi) is 7.88. The molecule has 0 radical (unpaired) electrons. The number of thioether (sulfide) groups is 1. The van der Waals surface area contributed by atoms with Gasteiger partial charge in [-0.2, -0.15) is 11.8 Å². The highest BCUT2D eigenvalue weighted by molar-refractivity contribution is 7.98. The smallest absolute Gasteiger partial charge is 0.326 e. The molecule has 1 unspecified atom stereocenters. The SMILES string of the molecule is CCN(CC)C1CCN(C(=O)N[C@H](CCSC)C(=O)O)C1. The lowest BCUT2D eigenvalue weighted by Gasteiger charge is -2.26. The highest BCUT2D eigenvalue weighted by Crippen LogP contribution is 2.15. The average Bonchev–Trinajstić information content (AvgIpc) is 2.94. The molecule has 6 nitrogen and oxygen atoms in total. The van der Waals surface area contributed by atoms with E-state index in [1.54, 1.807) is 16.7 Å². The first-order valence-electron chi connectivity index (χ1n) is 7.54. The third-order valence-corrected chi connectivity index (χ3v) is 4.63. The van der Waals surface area contributed by atoms with Crippen LogP contribution in [-0.4, -0.2) is 77.2 Å². The molecule has 0 spiro atoms. The molecule has 2 N–H and O–H groups in total. The largest absolute Gasteiger partial charge is 0.480 e. The number of aliphatic carboxylic acids is 1. The Balaban J connectivity index is 2.50. The van der Waals surface area contributed by atoms with Crippen LogP contribution < -0.4 is 5.32 Å². The van der Waals surface area contributed by atoms with Gasteiger partial charge in [-0.15, -0.1) is 0 Å². The van der Waals surface area contributed by atoms with Crippen LogP contribution in [0.1, 0.15) is 26.7 Å². The number of urea groups is 1. The van der Waals surface area contributed by atoms with E-state index in [1.807, 2.05) is 6.26 Å². The van der Waals surface area contributed by atoms with Crippen molar-refractivity contribution in [3.05, 3.63) is 0 Å². The number of likely N-dealkylation sites (N-methyl/N-ethyl adjacent to an activating group) is 1. The van der Waals surface area contributed by atoms with Crippen LogP contribution in [-0.2, 0) is 4.79 Å². The molecular formula is C14H27N3O3S. The van der Waals surface area contributed by atoms with Gasteiger partial charge in [0, 0.05) is 19.1 Å². The first-order valence-corrected chi connectivity index (χ1v) is 8.94. The van der Waals surface area contributed by atoms with E-state index in [-0.39, 0.29) is 6.03 Å². The van der Waals surface area contributed by atoms with Crippen molar-refractivity contribution < 1.29 is 14.7 Å². The van der Waals surface area contributed by atoms with E-state index < -0.39 is 12.0 Å². The number of carboxylic acids is 1. The fourth-order valence-electron chi connectivity index (χ4n) is 2.70. The Morgan fingerprint density at radius 2 is 2.10 bits per heavy atom. The van der Waals surface area contributed by atoms with Crippen LogP contribution >= 0.6 is 11.8 Å². The Labute approximate surface area is 131 Å². The summed E-state index contributed by atoms with van der Waals surface area (Å²) in [6, 6.07) is -0.657. The standard InChI is InChI=1S/C14H27N3O3S/c1-4-16(5-2)11-6-8-17(10-11)14(20)15-12(13(18)19)7-9-21-3/h11-12H,4-10H2,1-3H3,(H,15,20)(H,18,19)/t11?,12-/m1/s1. The number of hydrogen-bond donors (Lipinski definition) is 2. The number of hydrogen-bond acceptors (Lipinski definition) is 4. The number of nitrogens with zero attached hydrogens (tertiary/aromatic N) is 2. The van der Waals surface area contributed by atoms with Crippen LogP contribution in [0.4, 0.5) is 4.79 Å². The zero-order valence-corrected chi connectivity index (χ0v) is 14.0. The molecule has 2 amide bonds. The summed E-state index contributed by atoms with van der Waals surface area (Å²) in [6.07, 6.45) is 3.34. The first-order chi connectivity index (χ1) is 10.0. The summed E-state index contributed by atoms with van der Waals surface area (Å²) in [6.45, 7) is 7.57. The summed E-state index contributed by atoms with van der Waals surface area (Å²) in [4.78, 5) is 27.4. The van der Waals surface area contributed by atoms with Gasteiger partial charge in [0.2, 0.25) is 0 Å². The molecule has 1 fully saturated rings. The van der Waals surface area contributed by atoms with Crippen LogP contribution in [0.15, 0.2) is 0 Å². The van der Waals surface area contributed by atoms with Crippen LogP contribution in [0.3, 0.4) is 0 Å². The molecule has 7 heteroatoms. The quantitative estimate of drug-likeness (QED) is 0.706. The molecule has 2 atom stereocenters. The fourth-order valence-corrected chi connectivity index (χ4v) is 3.17. The number of carbonyl (C=O) groups is 2. The summed E-state index contributed by atoms with van der Waals surface area (Å²) in [5.41, 5.74) is 0. The van der Waals surface area contributed by atoms with Gasteiger partial charge in [0.25, 0.3) is 0 Å². The fraction of sp³-hybridized carbons (Fsp3) is 0.857. The second-order valence-corrected chi connectivity index (χ2v) is 6.22. The van der Waals surface area contributed by atoms with Gasteiger partial charge in [-0.25, -0.2) is 9.59 Å². The van der Waals surface area contributed by atoms with Crippen LogP contribution in [0.2, 0.25) is 0 Å². The predicted octanol–water partition coefficient (Wildman–Crippen LogP) is 1.32. The van der Waals surface area contributed by atoms with E-state index in [2.05, 4.69) is 24.1 Å². The van der Waals surface area contributed by atoms with Gasteiger partial charge in [-0.1, -0.05) is 13.8 Å². The van der Waals surface area contributed by atoms with Crippen LogP contribution in [0, 0.1) is 0 Å². The van der Waals surface area contributed by atoms with Crippen LogP contribution in [0.5, 0.6) is 0 Å². The molecule has 0 aromatic rings. The van der Waals surface area contributed by atoms with E-state index >= 15 is 0 Å².